The molecule has 0 radical (unpaired) electrons. The van der Waals surface area contributed by atoms with Crippen LogP contribution in [0, 0.1) is 30.3 Å². The van der Waals surface area contributed by atoms with Crippen molar-refractivity contribution in [2.75, 3.05) is 0 Å². The molecule has 0 aliphatic carbocycles. The fraction of sp³-hybridized carbons (Fsp3) is 0. The van der Waals surface area contributed by atoms with Gasteiger partial charge in [-0.25, -0.2) is 29.9 Å². The average Bonchev–Trinajstić information content (AvgIpc) is 3.83. The summed E-state index contributed by atoms with van der Waals surface area (Å²) in [6, 6.07) is 22.6. The van der Waals surface area contributed by atoms with Gasteiger partial charge in [0.25, 0.3) is 0 Å². The molecule has 9 rings (SSSR count). The van der Waals surface area contributed by atoms with E-state index < -0.39 is 31.8 Å². The number of nitrogens with zero attached hydrogens (tertiary/aromatic N) is 9. The minimum atomic E-state index is -1.29. The summed E-state index contributed by atoms with van der Waals surface area (Å²) in [4.78, 5) is 68.1. The third-order valence-corrected chi connectivity index (χ3v) is 8.33. The smallest absolute Gasteiger partial charge is 0.324 e. The molecule has 244 valence electrons. The van der Waals surface area contributed by atoms with Gasteiger partial charge in [0, 0.05) is 44.5 Å². The predicted octanol–water partition coefficient (Wildman–Crippen LogP) is 6.59. The van der Waals surface area contributed by atoms with Gasteiger partial charge in [-0.3, -0.25) is 30.3 Å². The van der Waals surface area contributed by atoms with Crippen molar-refractivity contribution in [2.45, 2.75) is 0 Å². The van der Waals surface area contributed by atoms with Crippen LogP contribution in [0.3, 0.4) is 0 Å². The summed E-state index contributed by atoms with van der Waals surface area (Å²) in [6.07, 6.45) is 0. The zero-order valence-corrected chi connectivity index (χ0v) is 26.9. The van der Waals surface area contributed by atoms with Gasteiger partial charge >= 0.3 is 39.4 Å². The van der Waals surface area contributed by atoms with Gasteiger partial charge in [0.2, 0.25) is 0 Å². The number of nitro groups is 3. The maximum atomic E-state index is 12.5. The summed E-state index contributed by atoms with van der Waals surface area (Å²) in [5.41, 5.74) is -0.572. The second-order valence-electron chi connectivity index (χ2n) is 11.0. The first-order chi connectivity index (χ1) is 23.8. The van der Waals surface area contributed by atoms with E-state index in [1.54, 1.807) is 48.5 Å². The third-order valence-electron chi connectivity index (χ3n) is 8.33. The van der Waals surface area contributed by atoms with Gasteiger partial charge in [0.05, 0.1) is 14.8 Å². The number of benzene rings is 4. The monoisotopic (exact) mass is 846 g/mol. The summed E-state index contributed by atoms with van der Waals surface area (Å²) in [5.74, 6) is 0.801. The second kappa shape index (κ2) is 11.1. The Hall–Kier alpha value is -6.82. The molecular weight excluding hydrogens is 831 g/mol. The molecule has 8 bridgehead atoms. The van der Waals surface area contributed by atoms with Crippen LogP contribution in [0.5, 0.6) is 0 Å². The van der Waals surface area contributed by atoms with Crippen LogP contribution in [-0.2, 0) is 22.4 Å². The van der Waals surface area contributed by atoms with Gasteiger partial charge in [0.1, 0.15) is 28.0 Å². The number of H-pyrrole nitrogens is 2. The Kier molecular flexibility index (Phi) is 6.79. The van der Waals surface area contributed by atoms with Crippen molar-refractivity contribution in [3.8, 4) is 45.6 Å². The minimum absolute atomic E-state index is 0. The van der Waals surface area contributed by atoms with Crippen molar-refractivity contribution >= 4 is 61.2 Å². The number of aromatic nitrogens is 8. The molecule has 0 saturated carbocycles. The molecule has 4 aromatic carbocycles. The number of hydrogen-bond donors (Lipinski definition) is 2. The van der Waals surface area contributed by atoms with Gasteiger partial charge in [-0.2, -0.15) is 0 Å². The summed E-state index contributed by atoms with van der Waals surface area (Å²) in [5, 5.41) is 37.7. The van der Waals surface area contributed by atoms with Crippen molar-refractivity contribution in [1.29, 1.82) is 0 Å². The number of aromatic amines is 2. The Labute approximate surface area is 292 Å². The molecule has 0 unspecified atom stereocenters. The van der Waals surface area contributed by atoms with E-state index in [1.807, 2.05) is 24.3 Å². The third kappa shape index (κ3) is 4.45. The second-order valence-corrected chi connectivity index (χ2v) is 11.0. The SMILES string of the molecule is O=[N+]([O-])c1cc2c3nc4nc(nc5[nH]c(nc6nc(nc([nH]3)c2c([N+](=O)[O-])c1[N+](=O)[O-])-c1ccccc1-6)c1ccccc51)-c1ccccc1-4.[Au+]. The molecular formula is C32H15AuN11O6+. The normalized spacial score (nSPS) is 11.5. The summed E-state index contributed by atoms with van der Waals surface area (Å²) < 4.78 is 0. The zero-order chi connectivity index (χ0) is 33.6. The molecule has 50 heavy (non-hydrogen) atoms. The Morgan fingerprint density at radius 1 is 0.460 bits per heavy atom. The van der Waals surface area contributed by atoms with Crippen molar-refractivity contribution in [1.82, 2.24) is 39.9 Å². The van der Waals surface area contributed by atoms with Crippen LogP contribution in [-0.4, -0.2) is 54.6 Å². The van der Waals surface area contributed by atoms with Gasteiger partial charge in [0.15, 0.2) is 23.3 Å². The summed E-state index contributed by atoms with van der Waals surface area (Å²) in [7, 11) is 0. The Balaban J connectivity index is 0.00000361. The number of fused-ring (bicyclic) bond motifs is 20. The number of rotatable bonds is 3. The van der Waals surface area contributed by atoms with E-state index in [0.29, 0.717) is 39.4 Å². The molecule has 0 amide bonds. The molecule has 3 aromatic heterocycles. The van der Waals surface area contributed by atoms with Gasteiger partial charge in [-0.1, -0.05) is 72.8 Å². The Bertz CT molecular complexity index is 2850. The fourth-order valence-electron chi connectivity index (χ4n) is 6.25. The Morgan fingerprint density at radius 2 is 0.840 bits per heavy atom. The standard InChI is InChI=1S/C32H15N11O6.Au/c44-41(45)21-13-20-22(24(43(48)49)23(21)42(46)47)32-39-30-19-12-6-5-11-18(19)28(37-30)35-26-15-8-2-1-7-14(15)25(33-26)34-27-16-9-3-4-10-17(16)29(36-27)38-31(20)40-32;/h1-13H,(H2,33,34,35,36,37,38,39,40);/q;+1. The topological polar surface area (TPSA) is 238 Å². The van der Waals surface area contributed by atoms with Gasteiger partial charge < -0.3 is 9.97 Å². The molecule has 0 atom stereocenters. The average molecular weight is 847 g/mol. The van der Waals surface area contributed by atoms with Crippen LogP contribution in [0.15, 0.2) is 78.9 Å². The number of hydrogen-bond acceptors (Lipinski definition) is 12. The van der Waals surface area contributed by atoms with E-state index in [-0.39, 0.29) is 61.9 Å². The molecule has 7 aromatic rings. The van der Waals surface area contributed by atoms with Crippen LogP contribution in [0.1, 0.15) is 0 Å². The predicted molar refractivity (Wildman–Crippen MR) is 176 cm³/mol. The fourth-order valence-corrected chi connectivity index (χ4v) is 6.25. The molecule has 0 fully saturated rings. The molecule has 5 heterocycles. The van der Waals surface area contributed by atoms with Crippen LogP contribution in [0.2, 0.25) is 0 Å². The summed E-state index contributed by atoms with van der Waals surface area (Å²) >= 11 is 0. The molecule has 2 N–H and O–H groups in total. The first-order valence-corrected chi connectivity index (χ1v) is 14.5. The first-order valence-electron chi connectivity index (χ1n) is 14.5. The maximum Gasteiger partial charge on any atom is 1.00 e. The quantitative estimate of drug-likeness (QED) is 0.109. The van der Waals surface area contributed by atoms with Gasteiger partial charge in [-0.05, 0) is 0 Å². The molecule has 2 aliphatic rings. The largest absolute Gasteiger partial charge is 1.00 e. The molecule has 17 nitrogen and oxygen atoms in total. The van der Waals surface area contributed by atoms with E-state index in [1.165, 1.54) is 0 Å². The van der Waals surface area contributed by atoms with Crippen LogP contribution >= 0.6 is 0 Å². The van der Waals surface area contributed by atoms with E-state index in [2.05, 4.69) is 24.9 Å². The molecule has 2 aliphatic heterocycles. The van der Waals surface area contributed by atoms with Crippen LogP contribution in [0.25, 0.3) is 89.7 Å². The van der Waals surface area contributed by atoms with E-state index in [9.17, 15) is 30.3 Å². The van der Waals surface area contributed by atoms with Crippen molar-refractivity contribution in [2.24, 2.45) is 0 Å². The van der Waals surface area contributed by atoms with E-state index in [0.717, 1.165) is 16.8 Å². The minimum Gasteiger partial charge on any atom is -0.324 e. The van der Waals surface area contributed by atoms with Crippen molar-refractivity contribution < 1.29 is 37.2 Å². The van der Waals surface area contributed by atoms with Crippen molar-refractivity contribution in [3.05, 3.63) is 109 Å². The van der Waals surface area contributed by atoms with E-state index in [4.69, 9.17) is 15.0 Å². The molecule has 0 saturated heterocycles. The number of nitro benzene ring substituents is 3. The maximum absolute atomic E-state index is 12.5. The summed E-state index contributed by atoms with van der Waals surface area (Å²) in [6.45, 7) is 0. The zero-order valence-electron chi connectivity index (χ0n) is 24.8. The van der Waals surface area contributed by atoms with Gasteiger partial charge in [-0.15, -0.1) is 0 Å². The first kappa shape index (κ1) is 30.5. The molecule has 18 heteroatoms. The molecule has 0 spiro atoms. The Morgan fingerprint density at radius 3 is 1.26 bits per heavy atom. The van der Waals surface area contributed by atoms with Crippen LogP contribution < -0.4 is 0 Å². The number of nitrogens with one attached hydrogen (secondary N) is 2. The van der Waals surface area contributed by atoms with E-state index >= 15 is 0 Å². The van der Waals surface area contributed by atoms with Crippen molar-refractivity contribution in [3.63, 3.8) is 0 Å². The van der Waals surface area contributed by atoms with Crippen LogP contribution in [0.4, 0.5) is 17.1 Å².